The summed E-state index contributed by atoms with van der Waals surface area (Å²) < 4.78 is 5.38. The number of methoxy groups -OCH3 is 1. The van der Waals surface area contributed by atoms with Crippen LogP contribution >= 0.6 is 0 Å². The maximum absolute atomic E-state index is 5.38. The van der Waals surface area contributed by atoms with Crippen LogP contribution in [-0.4, -0.2) is 17.1 Å². The molecule has 2 aromatic heterocycles. The zero-order chi connectivity index (χ0) is 13.1. The molecule has 0 radical (unpaired) electrons. The van der Waals surface area contributed by atoms with Crippen molar-refractivity contribution in [2.24, 2.45) is 0 Å². The lowest BCUT2D eigenvalue weighted by Crippen LogP contribution is -1.99. The summed E-state index contributed by atoms with van der Waals surface area (Å²) in [5.41, 5.74) is 3.85. The van der Waals surface area contributed by atoms with Gasteiger partial charge in [0.2, 0.25) is 5.88 Å². The fourth-order valence-corrected chi connectivity index (χ4v) is 1.82. The molecule has 0 saturated carbocycles. The van der Waals surface area contributed by atoms with E-state index in [9.17, 15) is 0 Å². The van der Waals surface area contributed by atoms with Crippen molar-refractivity contribution in [2.75, 3.05) is 7.11 Å². The van der Waals surface area contributed by atoms with Gasteiger partial charge in [-0.1, -0.05) is 19.9 Å². The Labute approximate surface area is 108 Å². The number of aromatic nitrogens is 2. The standard InChI is InChI=1S/C15H18N2O/c1-10(2)13-9-8-12(15(17-13)18-4)14-7-5-6-11(3)16-14/h5-10H,1-4H3. The second kappa shape index (κ2) is 5.17. The molecule has 0 bridgehead atoms. The minimum Gasteiger partial charge on any atom is -0.480 e. The first kappa shape index (κ1) is 12.6. The lowest BCUT2D eigenvalue weighted by molar-refractivity contribution is 0.397. The molecular formula is C15H18N2O. The molecule has 94 valence electrons. The minimum absolute atomic E-state index is 0.387. The van der Waals surface area contributed by atoms with Gasteiger partial charge in [0.1, 0.15) is 0 Å². The van der Waals surface area contributed by atoms with Crippen molar-refractivity contribution < 1.29 is 4.74 Å². The van der Waals surface area contributed by atoms with Crippen LogP contribution in [0.5, 0.6) is 5.88 Å². The van der Waals surface area contributed by atoms with Crippen molar-refractivity contribution >= 4 is 0 Å². The van der Waals surface area contributed by atoms with E-state index < -0.39 is 0 Å². The molecule has 2 heterocycles. The van der Waals surface area contributed by atoms with E-state index in [1.54, 1.807) is 7.11 Å². The molecule has 0 saturated heterocycles. The van der Waals surface area contributed by atoms with Gasteiger partial charge < -0.3 is 4.74 Å². The fourth-order valence-electron chi connectivity index (χ4n) is 1.82. The Bertz CT molecular complexity index is 550. The van der Waals surface area contributed by atoms with Gasteiger partial charge in [0.25, 0.3) is 0 Å². The monoisotopic (exact) mass is 242 g/mol. The van der Waals surface area contributed by atoms with Crippen LogP contribution in [-0.2, 0) is 0 Å². The molecule has 0 aliphatic rings. The van der Waals surface area contributed by atoms with Gasteiger partial charge in [-0.15, -0.1) is 0 Å². The normalized spacial score (nSPS) is 10.7. The molecule has 0 aliphatic carbocycles. The summed E-state index contributed by atoms with van der Waals surface area (Å²) in [6.07, 6.45) is 0. The Morgan fingerprint density at radius 3 is 2.44 bits per heavy atom. The zero-order valence-electron chi connectivity index (χ0n) is 11.3. The lowest BCUT2D eigenvalue weighted by atomic mass is 10.1. The van der Waals surface area contributed by atoms with Crippen molar-refractivity contribution in [3.8, 4) is 17.1 Å². The van der Waals surface area contributed by atoms with E-state index in [1.165, 1.54) is 0 Å². The van der Waals surface area contributed by atoms with Gasteiger partial charge in [-0.3, -0.25) is 4.98 Å². The molecule has 2 rings (SSSR count). The Morgan fingerprint density at radius 1 is 1.06 bits per heavy atom. The maximum atomic E-state index is 5.38. The van der Waals surface area contributed by atoms with Crippen LogP contribution in [0.4, 0.5) is 0 Å². The predicted octanol–water partition coefficient (Wildman–Crippen LogP) is 3.58. The van der Waals surface area contributed by atoms with E-state index in [2.05, 4.69) is 23.8 Å². The minimum atomic E-state index is 0.387. The molecule has 0 spiro atoms. The molecule has 0 amide bonds. The molecule has 0 fully saturated rings. The first-order valence-corrected chi connectivity index (χ1v) is 6.10. The number of hydrogen-bond acceptors (Lipinski definition) is 3. The van der Waals surface area contributed by atoms with Gasteiger partial charge in [0.05, 0.1) is 18.4 Å². The van der Waals surface area contributed by atoms with Crippen molar-refractivity contribution in [3.05, 3.63) is 41.7 Å². The fraction of sp³-hybridized carbons (Fsp3) is 0.333. The van der Waals surface area contributed by atoms with Gasteiger partial charge in [-0.2, -0.15) is 0 Å². The van der Waals surface area contributed by atoms with Crippen LogP contribution in [0, 0.1) is 6.92 Å². The van der Waals surface area contributed by atoms with Crippen molar-refractivity contribution in [3.63, 3.8) is 0 Å². The quantitative estimate of drug-likeness (QED) is 0.825. The summed E-state index contributed by atoms with van der Waals surface area (Å²) in [6.45, 7) is 6.21. The largest absolute Gasteiger partial charge is 0.480 e. The Kier molecular flexibility index (Phi) is 3.60. The van der Waals surface area contributed by atoms with Crippen LogP contribution in [0.1, 0.15) is 31.2 Å². The summed E-state index contributed by atoms with van der Waals surface area (Å²) >= 11 is 0. The third-order valence-electron chi connectivity index (χ3n) is 2.83. The SMILES string of the molecule is COc1nc(C(C)C)ccc1-c1cccc(C)n1. The highest BCUT2D eigenvalue weighted by Gasteiger charge is 2.11. The molecule has 0 unspecified atom stereocenters. The summed E-state index contributed by atoms with van der Waals surface area (Å²) in [5.74, 6) is 1.03. The molecule has 2 aromatic rings. The van der Waals surface area contributed by atoms with Crippen molar-refractivity contribution in [2.45, 2.75) is 26.7 Å². The maximum Gasteiger partial charge on any atom is 0.222 e. The molecule has 3 heteroatoms. The first-order valence-electron chi connectivity index (χ1n) is 6.10. The van der Waals surface area contributed by atoms with Crippen LogP contribution < -0.4 is 4.74 Å². The Hall–Kier alpha value is -1.90. The first-order chi connectivity index (χ1) is 8.61. The third-order valence-corrected chi connectivity index (χ3v) is 2.83. The number of nitrogens with zero attached hydrogens (tertiary/aromatic N) is 2. The van der Waals surface area contributed by atoms with Crippen LogP contribution in [0.15, 0.2) is 30.3 Å². The average molecular weight is 242 g/mol. The second-order valence-electron chi connectivity index (χ2n) is 4.61. The summed E-state index contributed by atoms with van der Waals surface area (Å²) in [5, 5.41) is 0. The molecular weight excluding hydrogens is 224 g/mol. The Morgan fingerprint density at radius 2 is 1.83 bits per heavy atom. The average Bonchev–Trinajstić information content (AvgIpc) is 2.37. The molecule has 3 nitrogen and oxygen atoms in total. The molecule has 0 aromatic carbocycles. The summed E-state index contributed by atoms with van der Waals surface area (Å²) in [7, 11) is 1.64. The number of rotatable bonds is 3. The van der Waals surface area contributed by atoms with Crippen molar-refractivity contribution in [1.29, 1.82) is 0 Å². The lowest BCUT2D eigenvalue weighted by Gasteiger charge is -2.11. The van der Waals surface area contributed by atoms with E-state index >= 15 is 0 Å². The van der Waals surface area contributed by atoms with Gasteiger partial charge in [-0.25, -0.2) is 4.98 Å². The van der Waals surface area contributed by atoms with Gasteiger partial charge in [0.15, 0.2) is 0 Å². The van der Waals surface area contributed by atoms with E-state index in [1.807, 2.05) is 37.3 Å². The van der Waals surface area contributed by atoms with E-state index in [-0.39, 0.29) is 0 Å². The topological polar surface area (TPSA) is 35.0 Å². The number of hydrogen-bond donors (Lipinski definition) is 0. The van der Waals surface area contributed by atoms with E-state index in [4.69, 9.17) is 4.74 Å². The molecule has 0 N–H and O–H groups in total. The van der Waals surface area contributed by atoms with Crippen LogP contribution in [0.2, 0.25) is 0 Å². The van der Waals surface area contributed by atoms with Gasteiger partial charge in [-0.05, 0) is 37.1 Å². The van der Waals surface area contributed by atoms with E-state index in [0.29, 0.717) is 11.8 Å². The summed E-state index contributed by atoms with van der Waals surface area (Å²) in [4.78, 5) is 9.04. The summed E-state index contributed by atoms with van der Waals surface area (Å²) in [6, 6.07) is 10.0. The third kappa shape index (κ3) is 2.50. The van der Waals surface area contributed by atoms with Crippen LogP contribution in [0.3, 0.4) is 0 Å². The number of pyridine rings is 2. The Balaban J connectivity index is 2.51. The second-order valence-corrected chi connectivity index (χ2v) is 4.61. The zero-order valence-corrected chi connectivity index (χ0v) is 11.3. The van der Waals surface area contributed by atoms with Gasteiger partial charge >= 0.3 is 0 Å². The van der Waals surface area contributed by atoms with Crippen molar-refractivity contribution in [1.82, 2.24) is 9.97 Å². The van der Waals surface area contributed by atoms with Gasteiger partial charge in [0, 0.05) is 11.4 Å². The number of ether oxygens (including phenoxy) is 1. The highest BCUT2D eigenvalue weighted by molar-refractivity contribution is 5.65. The van der Waals surface area contributed by atoms with E-state index in [0.717, 1.165) is 22.6 Å². The molecule has 0 atom stereocenters. The van der Waals surface area contributed by atoms with Crippen LogP contribution in [0.25, 0.3) is 11.3 Å². The predicted molar refractivity (Wildman–Crippen MR) is 72.8 cm³/mol. The number of aryl methyl sites for hydroxylation is 1. The highest BCUT2D eigenvalue weighted by atomic mass is 16.5. The smallest absolute Gasteiger partial charge is 0.222 e. The molecule has 0 aliphatic heterocycles. The highest BCUT2D eigenvalue weighted by Crippen LogP contribution is 2.28. The molecule has 18 heavy (non-hydrogen) atoms.